The molecule has 0 heterocycles. The Labute approximate surface area is 107 Å². The molecule has 0 unspecified atom stereocenters. The Hall–Kier alpha value is -1.03. The number of halogens is 1. The summed E-state index contributed by atoms with van der Waals surface area (Å²) in [4.78, 5) is 4.47. The lowest BCUT2D eigenvalue weighted by Crippen LogP contribution is -2.05. The van der Waals surface area contributed by atoms with E-state index in [-0.39, 0.29) is 6.10 Å². The first-order chi connectivity index (χ1) is 8.13. The molecule has 0 aliphatic rings. The summed E-state index contributed by atoms with van der Waals surface area (Å²) >= 11 is 6.11. The van der Waals surface area contributed by atoms with Crippen LogP contribution < -0.4 is 10.6 Å². The first-order valence-electron chi connectivity index (χ1n) is 5.58. The van der Waals surface area contributed by atoms with Gasteiger partial charge in [-0.05, 0) is 38.0 Å². The Morgan fingerprint density at radius 3 is 2.76 bits per heavy atom. The van der Waals surface area contributed by atoms with E-state index < -0.39 is 0 Å². The topological polar surface area (TPSA) is 44.5 Å². The van der Waals surface area contributed by atoms with Gasteiger partial charge in [-0.15, -0.1) is 0 Å². The van der Waals surface area contributed by atoms with Crippen LogP contribution in [-0.4, -0.2) is 12.7 Å². The summed E-state index contributed by atoms with van der Waals surface area (Å²) in [6.45, 7) is 4.45. The van der Waals surface area contributed by atoms with Crippen molar-refractivity contribution in [3.63, 3.8) is 0 Å². The van der Waals surface area contributed by atoms with Crippen LogP contribution in [0.4, 0.5) is 0 Å². The number of nitrogens with two attached hydrogens (primary N) is 1. The quantitative estimate of drug-likeness (QED) is 0.626. The fourth-order valence-corrected chi connectivity index (χ4v) is 1.56. The van der Waals surface area contributed by atoms with E-state index in [0.717, 1.165) is 12.0 Å². The predicted molar refractivity (Wildman–Crippen MR) is 71.0 cm³/mol. The molecule has 17 heavy (non-hydrogen) atoms. The van der Waals surface area contributed by atoms with E-state index >= 15 is 0 Å². The molecular formula is C13H18ClNO2. The number of rotatable bonds is 6. The van der Waals surface area contributed by atoms with Crippen molar-refractivity contribution in [1.82, 2.24) is 0 Å². The molecule has 0 radical (unpaired) electrons. The minimum atomic E-state index is 0.121. The van der Waals surface area contributed by atoms with Crippen LogP contribution in [0.25, 0.3) is 6.08 Å². The van der Waals surface area contributed by atoms with Crippen LogP contribution in [0.5, 0.6) is 5.75 Å². The smallest absolute Gasteiger partial charge is 0.138 e. The minimum Gasteiger partial charge on any atom is -0.489 e. The maximum atomic E-state index is 6.11. The highest BCUT2D eigenvalue weighted by molar-refractivity contribution is 6.32. The van der Waals surface area contributed by atoms with Gasteiger partial charge in [0.15, 0.2) is 0 Å². The number of hydrogen-bond donors (Lipinski definition) is 1. The molecule has 1 rings (SSSR count). The van der Waals surface area contributed by atoms with Gasteiger partial charge in [-0.2, -0.15) is 0 Å². The van der Waals surface area contributed by atoms with Crippen LogP contribution in [0, 0.1) is 0 Å². The molecule has 1 aromatic carbocycles. The van der Waals surface area contributed by atoms with E-state index in [1.165, 1.54) is 0 Å². The first kappa shape index (κ1) is 14.0. The van der Waals surface area contributed by atoms with Crippen molar-refractivity contribution in [1.29, 1.82) is 0 Å². The summed E-state index contributed by atoms with van der Waals surface area (Å²) in [5.74, 6) is 5.64. The van der Waals surface area contributed by atoms with E-state index in [0.29, 0.717) is 17.4 Å². The van der Waals surface area contributed by atoms with Gasteiger partial charge in [-0.25, -0.2) is 5.90 Å². The molecule has 0 spiro atoms. The fourth-order valence-electron chi connectivity index (χ4n) is 1.33. The summed E-state index contributed by atoms with van der Waals surface area (Å²) in [5, 5.41) is 0.621. The Morgan fingerprint density at radius 2 is 2.18 bits per heavy atom. The van der Waals surface area contributed by atoms with Gasteiger partial charge in [0.05, 0.1) is 17.7 Å². The van der Waals surface area contributed by atoms with Crippen LogP contribution in [0.1, 0.15) is 25.8 Å². The van der Waals surface area contributed by atoms with E-state index in [1.54, 1.807) is 0 Å². The normalized spacial score (nSPS) is 11.4. The molecule has 1 aromatic rings. The van der Waals surface area contributed by atoms with E-state index in [1.807, 2.05) is 44.2 Å². The molecule has 2 N–H and O–H groups in total. The van der Waals surface area contributed by atoms with Gasteiger partial charge < -0.3 is 9.57 Å². The zero-order chi connectivity index (χ0) is 12.7. The van der Waals surface area contributed by atoms with Crippen molar-refractivity contribution in [2.75, 3.05) is 6.61 Å². The van der Waals surface area contributed by atoms with Crippen molar-refractivity contribution < 1.29 is 9.57 Å². The average molecular weight is 256 g/mol. The van der Waals surface area contributed by atoms with Crippen LogP contribution in [-0.2, 0) is 4.84 Å². The Balaban J connectivity index is 2.65. The van der Waals surface area contributed by atoms with Gasteiger partial charge in [0.25, 0.3) is 0 Å². The number of hydrogen-bond acceptors (Lipinski definition) is 3. The third kappa shape index (κ3) is 5.22. The second-order valence-electron chi connectivity index (χ2n) is 3.92. The van der Waals surface area contributed by atoms with Crippen LogP contribution >= 0.6 is 11.6 Å². The van der Waals surface area contributed by atoms with Crippen molar-refractivity contribution in [3.8, 4) is 5.75 Å². The summed E-state index contributed by atoms with van der Waals surface area (Å²) < 4.78 is 5.55. The van der Waals surface area contributed by atoms with Crippen LogP contribution in [0.3, 0.4) is 0 Å². The third-order valence-corrected chi connectivity index (χ3v) is 2.33. The number of benzene rings is 1. The lowest BCUT2D eigenvalue weighted by Gasteiger charge is -2.11. The van der Waals surface area contributed by atoms with Gasteiger partial charge >= 0.3 is 0 Å². The van der Waals surface area contributed by atoms with Gasteiger partial charge in [0, 0.05) is 0 Å². The lowest BCUT2D eigenvalue weighted by molar-refractivity contribution is 0.143. The second kappa shape index (κ2) is 7.33. The molecule has 3 nitrogen and oxygen atoms in total. The summed E-state index contributed by atoms with van der Waals surface area (Å²) in [6.07, 6.45) is 4.86. The molecule has 0 bridgehead atoms. The summed E-state index contributed by atoms with van der Waals surface area (Å²) in [5.41, 5.74) is 1.03. The lowest BCUT2D eigenvalue weighted by atomic mass is 10.2. The summed E-state index contributed by atoms with van der Waals surface area (Å²) in [6, 6.07) is 5.71. The summed E-state index contributed by atoms with van der Waals surface area (Å²) in [7, 11) is 0. The zero-order valence-corrected chi connectivity index (χ0v) is 10.9. The molecule has 0 atom stereocenters. The van der Waals surface area contributed by atoms with Crippen molar-refractivity contribution >= 4 is 17.7 Å². The van der Waals surface area contributed by atoms with Gasteiger partial charge in [-0.3, -0.25) is 0 Å². The third-order valence-electron chi connectivity index (χ3n) is 2.03. The predicted octanol–water partition coefficient (Wildman–Crippen LogP) is 3.42. The van der Waals surface area contributed by atoms with Crippen molar-refractivity contribution in [2.24, 2.45) is 5.90 Å². The maximum Gasteiger partial charge on any atom is 0.138 e. The maximum absolute atomic E-state index is 6.11. The fraction of sp³-hybridized carbons (Fsp3) is 0.385. The van der Waals surface area contributed by atoms with E-state index in [9.17, 15) is 0 Å². The van der Waals surface area contributed by atoms with Gasteiger partial charge in [0.2, 0.25) is 0 Å². The number of ether oxygens (including phenoxy) is 1. The van der Waals surface area contributed by atoms with E-state index in [2.05, 4.69) is 4.84 Å². The Bertz CT molecular complexity index is 378. The molecule has 0 amide bonds. The Kier molecular flexibility index (Phi) is 6.05. The first-order valence-corrected chi connectivity index (χ1v) is 5.95. The van der Waals surface area contributed by atoms with Crippen molar-refractivity contribution in [3.05, 3.63) is 34.9 Å². The molecular weight excluding hydrogens is 238 g/mol. The highest BCUT2D eigenvalue weighted by atomic mass is 35.5. The minimum absolute atomic E-state index is 0.121. The molecule has 0 fully saturated rings. The average Bonchev–Trinajstić information content (AvgIpc) is 2.27. The van der Waals surface area contributed by atoms with Gasteiger partial charge in [-0.1, -0.05) is 29.8 Å². The van der Waals surface area contributed by atoms with Crippen molar-refractivity contribution in [2.45, 2.75) is 26.4 Å². The second-order valence-corrected chi connectivity index (χ2v) is 4.33. The Morgan fingerprint density at radius 1 is 1.41 bits per heavy atom. The SMILES string of the molecule is CC(C)Oc1ccc(/C=C/CCON)cc1Cl. The van der Waals surface area contributed by atoms with Crippen LogP contribution in [0.15, 0.2) is 24.3 Å². The standard InChI is InChI=1S/C13H18ClNO2/c1-10(2)17-13-7-6-11(9-12(13)14)5-3-4-8-16-15/h3,5-7,9-10H,4,8,15H2,1-2H3/b5-3+. The largest absolute Gasteiger partial charge is 0.489 e. The van der Waals surface area contributed by atoms with Crippen LogP contribution in [0.2, 0.25) is 5.02 Å². The molecule has 0 aliphatic carbocycles. The monoisotopic (exact) mass is 255 g/mol. The zero-order valence-electron chi connectivity index (χ0n) is 10.2. The molecule has 0 aromatic heterocycles. The molecule has 0 aliphatic heterocycles. The highest BCUT2D eigenvalue weighted by Gasteiger charge is 2.03. The molecule has 94 valence electrons. The van der Waals surface area contributed by atoms with Gasteiger partial charge in [0.1, 0.15) is 5.75 Å². The molecule has 4 heteroatoms. The van der Waals surface area contributed by atoms with E-state index in [4.69, 9.17) is 22.2 Å². The molecule has 0 saturated heterocycles. The highest BCUT2D eigenvalue weighted by Crippen LogP contribution is 2.26. The molecule has 0 saturated carbocycles.